The quantitative estimate of drug-likeness (QED) is 0.384. The lowest BCUT2D eigenvalue weighted by molar-refractivity contribution is -0.221. The highest BCUT2D eigenvalue weighted by molar-refractivity contribution is 5.67. The number of aliphatic carboxylic acids is 2. The molecule has 6 heteroatoms. The number of carboxylic acid groups (broad SMARTS) is 2. The lowest BCUT2D eigenvalue weighted by atomic mass is 9.80. The van der Waals surface area contributed by atoms with Crippen LogP contribution in [0.4, 0.5) is 0 Å². The van der Waals surface area contributed by atoms with Gasteiger partial charge in [0.25, 0.3) is 0 Å². The third kappa shape index (κ3) is 13.6. The molecule has 0 aliphatic carbocycles. The number of rotatable bonds is 9. The second kappa shape index (κ2) is 10.6. The lowest BCUT2D eigenvalue weighted by Gasteiger charge is -2.35. The topological polar surface area (TPSA) is 115 Å². The first kappa shape index (κ1) is 22.1. The first-order valence-electron chi connectivity index (χ1n) is 7.32. The predicted octanol–water partition coefficient (Wildman–Crippen LogP) is 2.62. The van der Waals surface area contributed by atoms with E-state index in [0.29, 0.717) is 12.8 Å². The summed E-state index contributed by atoms with van der Waals surface area (Å²) in [4.78, 5) is 19.8. The molecule has 0 saturated carbocycles. The van der Waals surface area contributed by atoms with Gasteiger partial charge in [-0.25, -0.2) is 0 Å². The third-order valence-corrected chi connectivity index (χ3v) is 3.47. The molecule has 0 aromatic rings. The normalized spacial score (nSPS) is 11.5. The van der Waals surface area contributed by atoms with Gasteiger partial charge in [0.15, 0.2) is 5.79 Å². The van der Waals surface area contributed by atoms with Crippen LogP contribution < -0.4 is 0 Å². The van der Waals surface area contributed by atoms with Crippen LogP contribution in [0, 0.1) is 5.41 Å². The van der Waals surface area contributed by atoms with E-state index in [4.69, 9.17) is 10.2 Å². The number of hydrogen-bond donors (Lipinski definition) is 4. The zero-order valence-corrected chi connectivity index (χ0v) is 13.6. The second-order valence-corrected chi connectivity index (χ2v) is 6.00. The van der Waals surface area contributed by atoms with Gasteiger partial charge in [-0.2, -0.15) is 0 Å². The van der Waals surface area contributed by atoms with E-state index in [1.165, 1.54) is 6.92 Å². The van der Waals surface area contributed by atoms with Crippen LogP contribution >= 0.6 is 0 Å². The van der Waals surface area contributed by atoms with Gasteiger partial charge in [-0.1, -0.05) is 33.6 Å². The van der Waals surface area contributed by atoms with E-state index in [2.05, 4.69) is 6.92 Å². The molecule has 0 atom stereocenters. The predicted molar refractivity (Wildman–Crippen MR) is 79.9 cm³/mol. The fraction of sp³-hybridized carbons (Fsp3) is 0.867. The average Bonchev–Trinajstić information content (AvgIpc) is 2.31. The summed E-state index contributed by atoms with van der Waals surface area (Å²) in [6.45, 7) is 7.30. The molecule has 21 heavy (non-hydrogen) atoms. The Morgan fingerprint density at radius 1 is 0.857 bits per heavy atom. The molecule has 0 aromatic carbocycles. The van der Waals surface area contributed by atoms with Crippen molar-refractivity contribution in [3.63, 3.8) is 0 Å². The maximum Gasteiger partial charge on any atom is 0.303 e. The summed E-state index contributed by atoms with van der Waals surface area (Å²) in [5.41, 5.74) is -0.400. The number of unbranched alkanes of at least 4 members (excludes halogenated alkanes) is 2. The Bertz CT molecular complexity index is 288. The maximum atomic E-state index is 9.90. The lowest BCUT2D eigenvalue weighted by Crippen LogP contribution is -2.41. The Balaban J connectivity index is 0. The van der Waals surface area contributed by atoms with Crippen LogP contribution in [-0.4, -0.2) is 38.2 Å². The number of hydrogen-bond acceptors (Lipinski definition) is 4. The molecule has 0 unspecified atom stereocenters. The van der Waals surface area contributed by atoms with E-state index in [1.54, 1.807) is 0 Å². The highest BCUT2D eigenvalue weighted by Gasteiger charge is 2.36. The molecular formula is C15H30O6. The highest BCUT2D eigenvalue weighted by atomic mass is 16.5. The van der Waals surface area contributed by atoms with Gasteiger partial charge in [-0.3, -0.25) is 9.59 Å². The summed E-state index contributed by atoms with van der Waals surface area (Å²) < 4.78 is 0. The van der Waals surface area contributed by atoms with Crippen LogP contribution in [0.25, 0.3) is 0 Å². The van der Waals surface area contributed by atoms with Crippen molar-refractivity contribution in [3.05, 3.63) is 0 Å². The Hall–Kier alpha value is -1.14. The van der Waals surface area contributed by atoms with Crippen molar-refractivity contribution in [1.82, 2.24) is 0 Å². The van der Waals surface area contributed by atoms with Crippen molar-refractivity contribution in [2.24, 2.45) is 5.41 Å². The first-order valence-corrected chi connectivity index (χ1v) is 7.32. The third-order valence-electron chi connectivity index (χ3n) is 3.47. The van der Waals surface area contributed by atoms with E-state index >= 15 is 0 Å². The van der Waals surface area contributed by atoms with Crippen molar-refractivity contribution < 1.29 is 30.0 Å². The van der Waals surface area contributed by atoms with E-state index < -0.39 is 23.1 Å². The van der Waals surface area contributed by atoms with Gasteiger partial charge < -0.3 is 20.4 Å². The Morgan fingerprint density at radius 3 is 1.48 bits per heavy atom. The van der Waals surface area contributed by atoms with Gasteiger partial charge in [-0.15, -0.1) is 0 Å². The van der Waals surface area contributed by atoms with Crippen LogP contribution in [-0.2, 0) is 9.59 Å². The van der Waals surface area contributed by atoms with Gasteiger partial charge >= 0.3 is 11.9 Å². The van der Waals surface area contributed by atoms with E-state index in [0.717, 1.165) is 19.3 Å². The fourth-order valence-electron chi connectivity index (χ4n) is 1.41. The molecule has 0 aliphatic rings. The number of carboxylic acids is 2. The van der Waals surface area contributed by atoms with Crippen LogP contribution in [0.2, 0.25) is 0 Å². The molecule has 0 fully saturated rings. The Kier molecular flexibility index (Phi) is 11.1. The number of aliphatic hydroxyl groups is 2. The largest absolute Gasteiger partial charge is 0.481 e. The summed E-state index contributed by atoms with van der Waals surface area (Å²) in [6.07, 6.45) is 4.01. The zero-order valence-electron chi connectivity index (χ0n) is 13.6. The molecule has 4 N–H and O–H groups in total. The summed E-state index contributed by atoms with van der Waals surface area (Å²) in [6, 6.07) is 0. The molecule has 0 saturated heterocycles. The standard InChI is InChI=1S/C9H20O2.C6H10O4/c1-5-6-7-8(2,3)9(4,10)11;7-5(8)3-1-2-4-6(9)10/h10-11H,5-7H2,1-4H3;1-4H2,(H,7,8)(H,9,10). The summed E-state index contributed by atoms with van der Waals surface area (Å²) in [7, 11) is 0. The van der Waals surface area contributed by atoms with Crippen LogP contribution in [0.5, 0.6) is 0 Å². The minimum Gasteiger partial charge on any atom is -0.481 e. The molecule has 0 spiro atoms. The van der Waals surface area contributed by atoms with Crippen LogP contribution in [0.15, 0.2) is 0 Å². The average molecular weight is 306 g/mol. The smallest absolute Gasteiger partial charge is 0.303 e. The SMILES string of the molecule is CCCCC(C)(C)C(C)(O)O.O=C(O)CCCCC(=O)O. The highest BCUT2D eigenvalue weighted by Crippen LogP contribution is 2.33. The minimum atomic E-state index is -1.55. The van der Waals surface area contributed by atoms with E-state index in [9.17, 15) is 19.8 Å². The molecule has 0 bridgehead atoms. The molecule has 0 heterocycles. The van der Waals surface area contributed by atoms with Gasteiger partial charge in [-0.05, 0) is 26.2 Å². The molecule has 0 aromatic heterocycles. The van der Waals surface area contributed by atoms with Crippen LogP contribution in [0.1, 0.15) is 72.6 Å². The van der Waals surface area contributed by atoms with Crippen molar-refractivity contribution in [2.45, 2.75) is 78.4 Å². The zero-order chi connectivity index (χ0) is 17.1. The molecule has 0 amide bonds. The molecule has 0 radical (unpaired) electrons. The van der Waals surface area contributed by atoms with Crippen LogP contribution in [0.3, 0.4) is 0 Å². The van der Waals surface area contributed by atoms with Gasteiger partial charge in [0.2, 0.25) is 0 Å². The molecule has 126 valence electrons. The monoisotopic (exact) mass is 306 g/mol. The maximum absolute atomic E-state index is 9.90. The van der Waals surface area contributed by atoms with Crippen molar-refractivity contribution in [1.29, 1.82) is 0 Å². The first-order chi connectivity index (χ1) is 9.44. The molecule has 6 nitrogen and oxygen atoms in total. The molecule has 0 rings (SSSR count). The van der Waals surface area contributed by atoms with E-state index in [1.807, 2.05) is 13.8 Å². The summed E-state index contributed by atoms with van der Waals surface area (Å²) in [5, 5.41) is 34.9. The summed E-state index contributed by atoms with van der Waals surface area (Å²) >= 11 is 0. The molecule has 0 aliphatic heterocycles. The molecular weight excluding hydrogens is 276 g/mol. The van der Waals surface area contributed by atoms with Gasteiger partial charge in [0, 0.05) is 18.3 Å². The number of carbonyl (C=O) groups is 2. The van der Waals surface area contributed by atoms with E-state index in [-0.39, 0.29) is 12.8 Å². The van der Waals surface area contributed by atoms with Crippen molar-refractivity contribution >= 4 is 11.9 Å². The van der Waals surface area contributed by atoms with Gasteiger partial charge in [0.1, 0.15) is 0 Å². The second-order valence-electron chi connectivity index (χ2n) is 6.00. The minimum absolute atomic E-state index is 0.0628. The van der Waals surface area contributed by atoms with Crippen molar-refractivity contribution in [2.75, 3.05) is 0 Å². The fourth-order valence-corrected chi connectivity index (χ4v) is 1.41. The van der Waals surface area contributed by atoms with Crippen molar-refractivity contribution in [3.8, 4) is 0 Å². The summed E-state index contributed by atoms with van der Waals surface area (Å²) in [5.74, 6) is -3.29. The Morgan fingerprint density at radius 2 is 1.24 bits per heavy atom. The van der Waals surface area contributed by atoms with Gasteiger partial charge in [0.05, 0.1) is 0 Å². The Labute approximate surface area is 126 Å².